The molecule has 0 aliphatic carbocycles. The predicted octanol–water partition coefficient (Wildman–Crippen LogP) is 11.3. The zero-order valence-electron chi connectivity index (χ0n) is 58.6. The van der Waals surface area contributed by atoms with Crippen molar-refractivity contribution in [2.24, 2.45) is 0 Å². The number of hydrogen-bond acceptors (Lipinski definition) is 16. The summed E-state index contributed by atoms with van der Waals surface area (Å²) < 4.78 is 67.4. The molecule has 0 radical (unpaired) electrons. The first-order chi connectivity index (χ1) is 51.2. The molecule has 6 aromatic carbocycles. The molecule has 0 saturated carbocycles. The van der Waals surface area contributed by atoms with Crippen molar-refractivity contribution >= 4 is 78.8 Å². The number of amides is 3. The summed E-state index contributed by atoms with van der Waals surface area (Å²) in [5, 5.41) is 34.3. The molecule has 0 unspecified atom stereocenters. The highest BCUT2D eigenvalue weighted by atomic mass is 32.1. The smallest absolute Gasteiger partial charge is 0.416 e. The highest BCUT2D eigenvalue weighted by Gasteiger charge is 2.33. The lowest BCUT2D eigenvalue weighted by molar-refractivity contribution is -0.137. The number of aromatic nitrogens is 3. The van der Waals surface area contributed by atoms with Gasteiger partial charge in [-0.05, 0) is 129 Å². The fraction of sp³-hybridized carbons (Fsp3) is 0.263. The maximum Gasteiger partial charge on any atom is 0.416 e. The van der Waals surface area contributed by atoms with E-state index in [0.717, 1.165) is 44.4 Å². The molecule has 0 N–H and O–H groups in total. The number of halogens is 4. The molecule has 0 atom stereocenters. The maximum atomic E-state index is 13.6. The number of carbonyl (C=O) groups excluding carboxylic acids is 3. The number of aryl methyl sites for hydroxylation is 1. The second kappa shape index (κ2) is 32.1. The molecule has 5 aromatic heterocycles. The SMILES string of the molecule is CN(C)CCn1c(=O)c(C#N)c(N2CCN(C(=O)c3cccs3)CC2)c2ccccc21.COc1ccc(C(=O)N2CCN(c3c(C#N)c(=O)n(Cc4ccc(F)cc4)c4ccc(C)cc34)CC2)cc1.N#Cc1c(N2CCN(C(=O)c3ccco3)CC2)c2ccccc2n(Cc2ccc(C(F)(F)F)cc2)c1=O. The Bertz CT molecular complexity index is 5390. The number of anilines is 3. The molecule has 540 valence electrons. The van der Waals surface area contributed by atoms with Gasteiger partial charge in [-0.2, -0.15) is 29.0 Å². The fourth-order valence-corrected chi connectivity index (χ4v) is 14.3. The summed E-state index contributed by atoms with van der Waals surface area (Å²) in [4.78, 5) is 92.8. The van der Waals surface area contributed by atoms with Crippen molar-refractivity contribution in [1.82, 2.24) is 33.3 Å². The first kappa shape index (κ1) is 73.4. The van der Waals surface area contributed by atoms with Gasteiger partial charge in [-0.1, -0.05) is 78.4 Å². The molecule has 0 spiro atoms. The van der Waals surface area contributed by atoms with Crippen molar-refractivity contribution in [2.75, 3.05) is 121 Å². The number of thiophene rings is 1. The van der Waals surface area contributed by atoms with Gasteiger partial charge in [0.25, 0.3) is 34.4 Å². The number of pyridine rings is 3. The maximum absolute atomic E-state index is 13.6. The van der Waals surface area contributed by atoms with Gasteiger partial charge in [-0.15, -0.1) is 11.3 Å². The lowest BCUT2D eigenvalue weighted by Gasteiger charge is -2.37. The van der Waals surface area contributed by atoms with Gasteiger partial charge in [0.2, 0.25) is 0 Å². The fourth-order valence-electron chi connectivity index (χ4n) is 13.6. The molecular formula is C80H73F4N13O8S. The van der Waals surface area contributed by atoms with Crippen LogP contribution in [0.2, 0.25) is 0 Å². The molecular weight excluding hydrogens is 1380 g/mol. The molecule has 3 fully saturated rings. The minimum atomic E-state index is -4.45. The highest BCUT2D eigenvalue weighted by molar-refractivity contribution is 7.12. The molecule has 3 aliphatic rings. The summed E-state index contributed by atoms with van der Waals surface area (Å²) in [6, 6.07) is 51.7. The van der Waals surface area contributed by atoms with Gasteiger partial charge in [0.15, 0.2) is 5.76 Å². The second-order valence-corrected chi connectivity index (χ2v) is 26.9. The largest absolute Gasteiger partial charge is 0.497 e. The number of fused-ring (bicyclic) bond motifs is 3. The molecule has 3 aliphatic heterocycles. The molecule has 11 aromatic rings. The standard InChI is InChI=1S/C30H27FN4O3.C27H21F3N4O3.C23H25N5O2S/c1-20-3-12-27-25(17-20)28(26(18-32)30(37)35(27)19-21-4-8-23(31)9-5-21)33-13-15-34(16-14-33)29(36)22-6-10-24(38-2)11-7-22;28-27(29,30)19-9-7-18(8-10-19)17-34-22-5-2-1-4-20(22)24(21(16-31)25(34)35)32-11-13-33(14-12-32)26(36)23-6-3-15-37-23;1-25(2)9-14-28-19-7-4-3-6-17(19)21(18(16-24)22(28)29)26-10-12-27(13-11-26)23(30)20-8-5-15-31-20/h3-12,17H,13-16,19H2,1-2H3;1-10,15H,11-14,17H2;3-8,15H,9-14H2,1-2H3. The average Bonchev–Trinajstić information content (AvgIpc) is 0.818. The van der Waals surface area contributed by atoms with Crippen molar-refractivity contribution in [1.29, 1.82) is 15.8 Å². The number of piperazine rings is 3. The van der Waals surface area contributed by atoms with E-state index in [9.17, 15) is 62.1 Å². The number of ether oxygens (including phenoxy) is 1. The molecule has 21 nitrogen and oxygen atoms in total. The third kappa shape index (κ3) is 15.6. The lowest BCUT2D eigenvalue weighted by Crippen LogP contribution is -2.49. The topological polar surface area (TPSA) is 234 Å². The van der Waals surface area contributed by atoms with Gasteiger partial charge < -0.3 is 57.2 Å². The summed E-state index contributed by atoms with van der Waals surface area (Å²) >= 11 is 1.44. The van der Waals surface area contributed by atoms with Gasteiger partial charge in [0.1, 0.15) is 46.5 Å². The number of furan rings is 1. The number of methoxy groups -OCH3 is 1. The Kier molecular flexibility index (Phi) is 22.3. The Balaban J connectivity index is 0.000000150. The first-order valence-electron chi connectivity index (χ1n) is 34.3. The van der Waals surface area contributed by atoms with Crippen LogP contribution in [0.5, 0.6) is 5.75 Å². The van der Waals surface area contributed by atoms with Crippen LogP contribution in [0.15, 0.2) is 194 Å². The van der Waals surface area contributed by atoms with Crippen molar-refractivity contribution < 1.29 is 41.1 Å². The molecule has 0 bridgehead atoms. The Morgan fingerprint density at radius 1 is 0.528 bits per heavy atom. The van der Waals surface area contributed by atoms with Gasteiger partial charge in [-0.25, -0.2) is 4.39 Å². The molecule has 14 rings (SSSR count). The van der Waals surface area contributed by atoms with Crippen molar-refractivity contribution in [3.63, 3.8) is 0 Å². The van der Waals surface area contributed by atoms with Crippen LogP contribution < -0.4 is 36.1 Å². The number of likely N-dealkylation sites (N-methyl/N-ethyl adjacent to an activating group) is 1. The third-order valence-corrected chi connectivity index (χ3v) is 20.0. The minimum Gasteiger partial charge on any atom is -0.497 e. The summed E-state index contributed by atoms with van der Waals surface area (Å²) in [6.45, 7) is 9.17. The van der Waals surface area contributed by atoms with E-state index in [4.69, 9.17) is 9.15 Å². The Labute approximate surface area is 611 Å². The van der Waals surface area contributed by atoms with E-state index < -0.39 is 17.3 Å². The quantitative estimate of drug-likeness (QED) is 0.0921. The highest BCUT2D eigenvalue weighted by Crippen LogP contribution is 2.35. The van der Waals surface area contributed by atoms with E-state index in [1.54, 1.807) is 92.8 Å². The summed E-state index contributed by atoms with van der Waals surface area (Å²) in [5.41, 5.74) is 5.00. The molecule has 3 saturated heterocycles. The third-order valence-electron chi connectivity index (χ3n) is 19.1. The average molecular weight is 1450 g/mol. The minimum absolute atomic E-state index is 0.0118. The number of hydrogen-bond donors (Lipinski definition) is 0. The molecule has 26 heteroatoms. The predicted molar refractivity (Wildman–Crippen MR) is 398 cm³/mol. The Hall–Kier alpha value is -12.3. The van der Waals surface area contributed by atoms with Crippen LogP contribution in [-0.4, -0.2) is 157 Å². The molecule has 8 heterocycles. The number of alkyl halides is 3. The van der Waals surface area contributed by atoms with Crippen molar-refractivity contribution in [2.45, 2.75) is 32.7 Å². The van der Waals surface area contributed by atoms with E-state index in [1.165, 1.54) is 46.4 Å². The Morgan fingerprint density at radius 3 is 1.45 bits per heavy atom. The van der Waals surface area contributed by atoms with E-state index in [-0.39, 0.29) is 70.2 Å². The van der Waals surface area contributed by atoms with Crippen LogP contribution >= 0.6 is 11.3 Å². The van der Waals surface area contributed by atoms with Crippen LogP contribution in [0, 0.1) is 46.7 Å². The Morgan fingerprint density at radius 2 is 0.991 bits per heavy atom. The monoisotopic (exact) mass is 1450 g/mol. The lowest BCUT2D eigenvalue weighted by atomic mass is 10.0. The number of para-hydroxylation sites is 2. The number of rotatable bonds is 14. The molecule has 3 amide bonds. The summed E-state index contributed by atoms with van der Waals surface area (Å²) in [7, 11) is 5.51. The van der Waals surface area contributed by atoms with E-state index >= 15 is 0 Å². The summed E-state index contributed by atoms with van der Waals surface area (Å²) in [6.07, 6.45) is -3.02. The van der Waals surface area contributed by atoms with E-state index in [2.05, 4.69) is 17.0 Å². The van der Waals surface area contributed by atoms with Crippen LogP contribution in [-0.2, 0) is 25.8 Å². The van der Waals surface area contributed by atoms with Gasteiger partial charge in [0.05, 0.1) is 70.5 Å². The van der Waals surface area contributed by atoms with Gasteiger partial charge in [-0.3, -0.25) is 28.8 Å². The van der Waals surface area contributed by atoms with Gasteiger partial charge >= 0.3 is 6.18 Å². The van der Waals surface area contributed by atoms with Crippen LogP contribution in [0.1, 0.15) is 69.5 Å². The molecule has 106 heavy (non-hydrogen) atoms. The second-order valence-electron chi connectivity index (χ2n) is 25.9. The summed E-state index contributed by atoms with van der Waals surface area (Å²) in [5.74, 6) is 0.345. The van der Waals surface area contributed by atoms with E-state index in [0.29, 0.717) is 142 Å². The van der Waals surface area contributed by atoms with Crippen LogP contribution in [0.3, 0.4) is 0 Å². The van der Waals surface area contributed by atoms with Crippen molar-refractivity contribution in [3.8, 4) is 24.0 Å². The zero-order chi connectivity index (χ0) is 74.9. The number of carbonyl (C=O) groups is 3. The van der Waals surface area contributed by atoms with Crippen LogP contribution in [0.25, 0.3) is 32.7 Å². The van der Waals surface area contributed by atoms with Crippen LogP contribution in [0.4, 0.5) is 34.6 Å². The van der Waals surface area contributed by atoms with Gasteiger partial charge in [0, 0.05) is 113 Å². The zero-order valence-corrected chi connectivity index (χ0v) is 59.4. The number of nitriles is 3. The van der Waals surface area contributed by atoms with E-state index in [1.807, 2.05) is 113 Å². The number of nitrogens with zero attached hydrogens (tertiary/aromatic N) is 13. The van der Waals surface area contributed by atoms with Crippen molar-refractivity contribution in [3.05, 3.63) is 267 Å². The first-order valence-corrected chi connectivity index (χ1v) is 35.1. The number of benzene rings is 6. The normalized spacial score (nSPS) is 13.9.